The highest BCUT2D eigenvalue weighted by molar-refractivity contribution is 8.00. The number of methoxy groups -OCH3 is 2. The van der Waals surface area contributed by atoms with E-state index in [0.29, 0.717) is 37.3 Å². The molecule has 4 aliphatic rings. The molecule has 22 nitrogen and oxygen atoms in total. The Morgan fingerprint density at radius 3 is 1.71 bits per heavy atom. The minimum absolute atomic E-state index is 0.0950. The molecule has 3 aliphatic heterocycles. The van der Waals surface area contributed by atoms with E-state index in [1.807, 2.05) is 0 Å². The van der Waals surface area contributed by atoms with Crippen molar-refractivity contribution in [1.29, 1.82) is 5.41 Å². The van der Waals surface area contributed by atoms with E-state index in [1.54, 1.807) is 23.5 Å². The second-order valence-electron chi connectivity index (χ2n) is 16.5. The van der Waals surface area contributed by atoms with Gasteiger partial charge >= 0.3 is 0 Å². The molecule has 0 aromatic rings. The van der Waals surface area contributed by atoms with Gasteiger partial charge in [-0.3, -0.25) is 5.41 Å². The van der Waals surface area contributed by atoms with Gasteiger partial charge in [0, 0.05) is 45.0 Å². The lowest BCUT2D eigenvalue weighted by Crippen LogP contribution is -2.63. The summed E-state index contributed by atoms with van der Waals surface area (Å²) in [7, 11) is 2.66. The lowest BCUT2D eigenvalue weighted by Gasteiger charge is -2.45. The molecule has 3 heterocycles. The zero-order valence-corrected chi connectivity index (χ0v) is 39.7. The van der Waals surface area contributed by atoms with E-state index >= 15 is 0 Å². The molecule has 19 unspecified atom stereocenters. The van der Waals surface area contributed by atoms with Crippen LogP contribution in [0.3, 0.4) is 0 Å². The van der Waals surface area contributed by atoms with Crippen molar-refractivity contribution in [3.05, 3.63) is 0 Å². The van der Waals surface area contributed by atoms with Crippen LogP contribution in [-0.4, -0.2) is 266 Å². The van der Waals surface area contributed by atoms with Gasteiger partial charge in [-0.25, -0.2) is 0 Å². The number of thioether (sulfide) groups is 3. The van der Waals surface area contributed by atoms with E-state index in [-0.39, 0.29) is 37.8 Å². The van der Waals surface area contributed by atoms with Gasteiger partial charge < -0.3 is 104 Å². The molecule has 0 spiro atoms. The molecule has 4 fully saturated rings. The van der Waals surface area contributed by atoms with Gasteiger partial charge in [-0.15, -0.1) is 11.8 Å². The van der Waals surface area contributed by atoms with E-state index < -0.39 is 135 Å². The van der Waals surface area contributed by atoms with Crippen LogP contribution in [0.15, 0.2) is 0 Å². The minimum atomic E-state index is -1.86. The second kappa shape index (κ2) is 29.2. The van der Waals surface area contributed by atoms with Gasteiger partial charge in [0.05, 0.1) is 38.3 Å². The standard InChI is InChI=1S/C40H74N2O20S3/c1-4-12-63-13-5-10-56-35-32(50)29(47)24(62-39(35)58-17-23-27(45)30(48)33(51)37(55-3)60-23)18-59-38-34(31(49)28(46)22(61-38)16-54-2)57-11-6-14-64-15-9-42-26(41)19-65-25-8-7-21(44)36(52)40(25,53)20-43/h21-25,27-39,43-53H,4-20H2,1-3H3,(H2,41,42). The van der Waals surface area contributed by atoms with E-state index in [2.05, 4.69) is 12.2 Å². The summed E-state index contributed by atoms with van der Waals surface area (Å²) >= 11 is 4.56. The molecular weight excluding hydrogens is 925 g/mol. The summed E-state index contributed by atoms with van der Waals surface area (Å²) in [5.74, 6) is 3.47. The van der Waals surface area contributed by atoms with Crippen LogP contribution in [0, 0.1) is 5.41 Å². The maximum Gasteiger partial charge on any atom is 0.187 e. The summed E-state index contributed by atoms with van der Waals surface area (Å²) in [4.78, 5) is 0. The van der Waals surface area contributed by atoms with Crippen molar-refractivity contribution in [2.75, 3.05) is 89.2 Å². The lowest BCUT2D eigenvalue weighted by molar-refractivity contribution is -0.347. The summed E-state index contributed by atoms with van der Waals surface area (Å²) in [5.41, 5.74) is -1.86. The van der Waals surface area contributed by atoms with Crippen LogP contribution in [0.1, 0.15) is 39.0 Å². The Balaban J connectivity index is 1.29. The largest absolute Gasteiger partial charge is 0.393 e. The quantitative estimate of drug-likeness (QED) is 0.0204. The highest BCUT2D eigenvalue weighted by Crippen LogP contribution is 2.37. The van der Waals surface area contributed by atoms with Crippen molar-refractivity contribution in [3.8, 4) is 0 Å². The van der Waals surface area contributed by atoms with Crippen molar-refractivity contribution in [3.63, 3.8) is 0 Å². The van der Waals surface area contributed by atoms with Crippen molar-refractivity contribution in [1.82, 2.24) is 5.32 Å². The Hall–Kier alpha value is -0.280. The van der Waals surface area contributed by atoms with Gasteiger partial charge in [0.25, 0.3) is 0 Å². The normalized spacial score (nSPS) is 40.2. The topological polar surface area (TPSA) is 341 Å². The first kappa shape index (κ1) is 57.3. The van der Waals surface area contributed by atoms with Gasteiger partial charge in [0.1, 0.15) is 90.8 Å². The van der Waals surface area contributed by atoms with Crippen molar-refractivity contribution < 1.29 is 98.8 Å². The molecule has 0 amide bonds. The van der Waals surface area contributed by atoms with E-state index in [0.717, 1.165) is 17.9 Å². The van der Waals surface area contributed by atoms with Crippen LogP contribution >= 0.6 is 35.3 Å². The maximum absolute atomic E-state index is 11.3. The molecular formula is C40H74N2O20S3. The van der Waals surface area contributed by atoms with Crippen LogP contribution < -0.4 is 5.32 Å². The van der Waals surface area contributed by atoms with E-state index in [9.17, 15) is 56.2 Å². The summed E-state index contributed by atoms with van der Waals surface area (Å²) in [6, 6.07) is 0. The number of ether oxygens (including phenoxy) is 9. The first-order valence-electron chi connectivity index (χ1n) is 22.1. The Morgan fingerprint density at radius 2 is 1.18 bits per heavy atom. The molecule has 3 saturated heterocycles. The summed E-state index contributed by atoms with van der Waals surface area (Å²) in [6.45, 7) is 1.25. The monoisotopic (exact) mass is 998 g/mol. The van der Waals surface area contributed by atoms with Crippen molar-refractivity contribution >= 4 is 41.1 Å². The molecule has 4 rings (SSSR count). The molecule has 1 aliphatic carbocycles. The smallest absolute Gasteiger partial charge is 0.187 e. The fraction of sp³-hybridized carbons (Fsp3) is 0.975. The number of amidine groups is 1. The van der Waals surface area contributed by atoms with Crippen LogP contribution in [0.2, 0.25) is 0 Å². The number of nitrogens with one attached hydrogen (secondary N) is 2. The fourth-order valence-electron chi connectivity index (χ4n) is 7.80. The zero-order valence-electron chi connectivity index (χ0n) is 37.2. The highest BCUT2D eigenvalue weighted by atomic mass is 32.2. The first-order valence-corrected chi connectivity index (χ1v) is 25.5. The maximum atomic E-state index is 11.3. The molecule has 19 atom stereocenters. The Labute approximate surface area is 392 Å². The number of aliphatic hydroxyl groups excluding tert-OH is 10. The number of hydrogen-bond acceptors (Lipinski definition) is 24. The third kappa shape index (κ3) is 16.1. The van der Waals surface area contributed by atoms with Crippen LogP contribution in [0.5, 0.6) is 0 Å². The number of rotatable bonds is 28. The predicted octanol–water partition coefficient (Wildman–Crippen LogP) is -3.65. The van der Waals surface area contributed by atoms with Gasteiger partial charge in [-0.05, 0) is 49.4 Å². The number of hydrogen-bond donors (Lipinski definition) is 13. The Morgan fingerprint density at radius 1 is 0.662 bits per heavy atom. The highest BCUT2D eigenvalue weighted by Gasteiger charge is 2.52. The van der Waals surface area contributed by atoms with Gasteiger partial charge in [0.15, 0.2) is 18.9 Å². The van der Waals surface area contributed by atoms with E-state index in [1.165, 1.54) is 26.0 Å². The average Bonchev–Trinajstić information content (AvgIpc) is 3.29. The Kier molecular flexibility index (Phi) is 25.7. The van der Waals surface area contributed by atoms with Crippen LogP contribution in [0.4, 0.5) is 0 Å². The van der Waals surface area contributed by atoms with Gasteiger partial charge in [-0.1, -0.05) is 6.92 Å². The molecule has 0 radical (unpaired) electrons. The first-order chi connectivity index (χ1) is 31.1. The number of aliphatic hydroxyl groups is 11. The summed E-state index contributed by atoms with van der Waals surface area (Å²) < 4.78 is 52.0. The molecule has 382 valence electrons. The van der Waals surface area contributed by atoms with Crippen molar-refractivity contribution in [2.45, 2.75) is 154 Å². The second-order valence-corrected chi connectivity index (χ2v) is 20.1. The fourth-order valence-corrected chi connectivity index (χ4v) is 10.7. The molecule has 1 saturated carbocycles. The van der Waals surface area contributed by atoms with Gasteiger partial charge in [0.2, 0.25) is 0 Å². The summed E-state index contributed by atoms with van der Waals surface area (Å²) in [6.07, 6.45) is -20.2. The third-order valence-corrected chi connectivity index (χ3v) is 15.5. The van der Waals surface area contributed by atoms with Crippen LogP contribution in [0.25, 0.3) is 0 Å². The minimum Gasteiger partial charge on any atom is -0.393 e. The molecule has 25 heteroatoms. The predicted molar refractivity (Wildman–Crippen MR) is 238 cm³/mol. The SMILES string of the molecule is CCCSCCCOC1C(OCC2OC(OC)C(O)C(O)C2O)OC(COC2OC(COC)C(O)C(O)C2OCCCSCCNC(=N)CSC2CCC(O)C(O)C2(O)CO)C(O)C1O. The van der Waals surface area contributed by atoms with Crippen LogP contribution in [-0.2, 0) is 42.6 Å². The van der Waals surface area contributed by atoms with Crippen molar-refractivity contribution in [2.24, 2.45) is 0 Å². The lowest BCUT2D eigenvalue weighted by atomic mass is 9.80. The zero-order chi connectivity index (χ0) is 47.7. The molecule has 0 aromatic carbocycles. The van der Waals surface area contributed by atoms with E-state index in [4.69, 9.17) is 48.0 Å². The molecule has 0 aromatic heterocycles. The summed E-state index contributed by atoms with van der Waals surface area (Å²) in [5, 5.41) is 127. The molecule has 13 N–H and O–H groups in total. The average molecular weight is 999 g/mol. The van der Waals surface area contributed by atoms with Gasteiger partial charge in [-0.2, -0.15) is 23.5 Å². The molecule has 65 heavy (non-hydrogen) atoms. The molecule has 0 bridgehead atoms. The third-order valence-electron chi connectivity index (χ3n) is 11.6. The Bertz CT molecular complexity index is 1340.